The topological polar surface area (TPSA) is 37.3 Å². The van der Waals surface area contributed by atoms with E-state index in [2.05, 4.69) is 31.2 Å². The van der Waals surface area contributed by atoms with Gasteiger partial charge < -0.3 is 5.11 Å². The van der Waals surface area contributed by atoms with Crippen molar-refractivity contribution >= 4 is 28.5 Å². The molecule has 0 aromatic heterocycles. The van der Waals surface area contributed by atoms with E-state index in [9.17, 15) is 9.90 Å². The predicted molar refractivity (Wildman–Crippen MR) is 91.0 cm³/mol. The van der Waals surface area contributed by atoms with Gasteiger partial charge in [0.2, 0.25) is 0 Å². The van der Waals surface area contributed by atoms with Gasteiger partial charge in [0.1, 0.15) is 0 Å². The predicted octanol–water partition coefficient (Wildman–Crippen LogP) is 4.62. The third-order valence-corrected chi connectivity index (χ3v) is 4.73. The van der Waals surface area contributed by atoms with E-state index in [4.69, 9.17) is 0 Å². The maximum atomic E-state index is 11.5. The van der Waals surface area contributed by atoms with E-state index in [1.165, 1.54) is 10.8 Å². The largest absolute Gasteiger partial charge is 0.481 e. The molecule has 0 aliphatic rings. The molecule has 0 saturated heterocycles. The number of carbonyl (C=O) groups is 1. The van der Waals surface area contributed by atoms with Gasteiger partial charge in [-0.05, 0) is 47.1 Å². The highest BCUT2D eigenvalue weighted by molar-refractivity contribution is 7.99. The van der Waals surface area contributed by atoms with Gasteiger partial charge in [-0.1, -0.05) is 49.4 Å². The standard InChI is InChI=1S/C18H22O2S/c1-2-21-12-6-10-16(18(19)20)13-15-9-5-8-14-7-3-4-11-17(14)15/h3-5,7-9,11,16H,2,6,10,12-13H2,1H3,(H,19,20). The molecule has 0 aliphatic carbocycles. The Balaban J connectivity index is 2.10. The molecule has 0 saturated carbocycles. The first-order valence-electron chi connectivity index (χ1n) is 7.49. The highest BCUT2D eigenvalue weighted by Crippen LogP contribution is 2.23. The molecule has 0 bridgehead atoms. The molecule has 0 aliphatic heterocycles. The second-order valence-corrected chi connectivity index (χ2v) is 6.61. The van der Waals surface area contributed by atoms with Gasteiger partial charge in [-0.3, -0.25) is 4.79 Å². The van der Waals surface area contributed by atoms with Crippen molar-refractivity contribution in [3.05, 3.63) is 48.0 Å². The molecular formula is C18H22O2S. The number of fused-ring (bicyclic) bond motifs is 1. The average molecular weight is 302 g/mol. The van der Waals surface area contributed by atoms with Gasteiger partial charge in [0.25, 0.3) is 0 Å². The van der Waals surface area contributed by atoms with Gasteiger partial charge in [0, 0.05) is 0 Å². The lowest BCUT2D eigenvalue weighted by molar-refractivity contribution is -0.141. The van der Waals surface area contributed by atoms with E-state index in [0.717, 1.165) is 29.9 Å². The van der Waals surface area contributed by atoms with Crippen molar-refractivity contribution in [2.24, 2.45) is 5.92 Å². The molecular weight excluding hydrogens is 280 g/mol. The lowest BCUT2D eigenvalue weighted by atomic mass is 9.92. The van der Waals surface area contributed by atoms with Crippen molar-refractivity contribution < 1.29 is 9.90 Å². The fourth-order valence-corrected chi connectivity index (χ4v) is 3.28. The summed E-state index contributed by atoms with van der Waals surface area (Å²) >= 11 is 1.88. The summed E-state index contributed by atoms with van der Waals surface area (Å²) in [6, 6.07) is 14.3. The Morgan fingerprint density at radius 3 is 2.71 bits per heavy atom. The van der Waals surface area contributed by atoms with Gasteiger partial charge >= 0.3 is 5.97 Å². The van der Waals surface area contributed by atoms with Crippen LogP contribution in [-0.4, -0.2) is 22.6 Å². The molecule has 0 spiro atoms. The van der Waals surface area contributed by atoms with Crippen LogP contribution in [0.5, 0.6) is 0 Å². The molecule has 2 aromatic rings. The highest BCUT2D eigenvalue weighted by atomic mass is 32.2. The van der Waals surface area contributed by atoms with Gasteiger partial charge in [0.15, 0.2) is 0 Å². The summed E-state index contributed by atoms with van der Waals surface area (Å²) in [6.07, 6.45) is 2.35. The molecule has 0 fully saturated rings. The number of hydrogen-bond donors (Lipinski definition) is 1. The summed E-state index contributed by atoms with van der Waals surface area (Å²) in [5.74, 6) is 1.19. The number of hydrogen-bond acceptors (Lipinski definition) is 2. The highest BCUT2D eigenvalue weighted by Gasteiger charge is 2.18. The molecule has 0 amide bonds. The number of thioether (sulfide) groups is 1. The van der Waals surface area contributed by atoms with Crippen molar-refractivity contribution in [1.82, 2.24) is 0 Å². The summed E-state index contributed by atoms with van der Waals surface area (Å²) < 4.78 is 0. The minimum atomic E-state index is -0.676. The van der Waals surface area contributed by atoms with Gasteiger partial charge in [0.05, 0.1) is 5.92 Å². The second-order valence-electron chi connectivity index (χ2n) is 5.22. The van der Waals surface area contributed by atoms with Crippen molar-refractivity contribution in [2.75, 3.05) is 11.5 Å². The van der Waals surface area contributed by atoms with Crippen LogP contribution in [0, 0.1) is 5.92 Å². The molecule has 0 radical (unpaired) electrons. The van der Waals surface area contributed by atoms with Crippen LogP contribution >= 0.6 is 11.8 Å². The number of benzene rings is 2. The first kappa shape index (κ1) is 15.9. The van der Waals surface area contributed by atoms with Gasteiger partial charge in [-0.15, -0.1) is 0 Å². The zero-order chi connectivity index (χ0) is 15.1. The van der Waals surface area contributed by atoms with Crippen molar-refractivity contribution in [1.29, 1.82) is 0 Å². The fourth-order valence-electron chi connectivity index (χ4n) is 2.62. The minimum absolute atomic E-state index is 0.284. The normalized spacial score (nSPS) is 12.4. The summed E-state index contributed by atoms with van der Waals surface area (Å²) in [4.78, 5) is 11.5. The number of rotatable bonds is 8. The number of carboxylic acids is 1. The fraction of sp³-hybridized carbons (Fsp3) is 0.389. The van der Waals surface area contributed by atoms with E-state index >= 15 is 0 Å². The molecule has 3 heteroatoms. The van der Waals surface area contributed by atoms with Crippen molar-refractivity contribution in [3.8, 4) is 0 Å². The van der Waals surface area contributed by atoms with Crippen LogP contribution in [0.4, 0.5) is 0 Å². The van der Waals surface area contributed by atoms with E-state index in [1.807, 2.05) is 30.0 Å². The lowest BCUT2D eigenvalue weighted by Crippen LogP contribution is -2.17. The Bertz CT molecular complexity index is 589. The third-order valence-electron chi connectivity index (χ3n) is 3.74. The molecule has 112 valence electrons. The number of carboxylic acid groups (broad SMARTS) is 1. The van der Waals surface area contributed by atoms with E-state index in [-0.39, 0.29) is 5.92 Å². The Hall–Kier alpha value is -1.48. The molecule has 0 heterocycles. The van der Waals surface area contributed by atoms with Gasteiger partial charge in [-0.2, -0.15) is 11.8 Å². The smallest absolute Gasteiger partial charge is 0.306 e. The molecule has 1 atom stereocenters. The Morgan fingerprint density at radius 2 is 1.95 bits per heavy atom. The SMILES string of the molecule is CCSCCCC(Cc1cccc2ccccc12)C(=O)O. The maximum absolute atomic E-state index is 11.5. The van der Waals surface area contributed by atoms with Crippen LogP contribution in [-0.2, 0) is 11.2 Å². The first-order valence-corrected chi connectivity index (χ1v) is 8.65. The van der Waals surface area contributed by atoms with E-state index in [1.54, 1.807) is 0 Å². The molecule has 1 unspecified atom stereocenters. The molecule has 2 nitrogen and oxygen atoms in total. The van der Waals surface area contributed by atoms with E-state index in [0.29, 0.717) is 6.42 Å². The third kappa shape index (κ3) is 4.50. The zero-order valence-corrected chi connectivity index (χ0v) is 13.2. The Kier molecular flexibility index (Phi) is 6.12. The first-order chi connectivity index (χ1) is 10.2. The van der Waals surface area contributed by atoms with Crippen LogP contribution in [0.15, 0.2) is 42.5 Å². The molecule has 21 heavy (non-hydrogen) atoms. The summed E-state index contributed by atoms with van der Waals surface area (Å²) in [5.41, 5.74) is 1.14. The lowest BCUT2D eigenvalue weighted by Gasteiger charge is -2.14. The quantitative estimate of drug-likeness (QED) is 0.723. The van der Waals surface area contributed by atoms with Crippen LogP contribution < -0.4 is 0 Å². The van der Waals surface area contributed by atoms with Crippen molar-refractivity contribution in [2.45, 2.75) is 26.2 Å². The molecule has 2 rings (SSSR count). The van der Waals surface area contributed by atoms with Crippen LogP contribution in [0.2, 0.25) is 0 Å². The van der Waals surface area contributed by atoms with Crippen LogP contribution in [0.1, 0.15) is 25.3 Å². The second kappa shape index (κ2) is 8.08. The molecule has 2 aromatic carbocycles. The zero-order valence-electron chi connectivity index (χ0n) is 12.4. The van der Waals surface area contributed by atoms with Crippen LogP contribution in [0.3, 0.4) is 0 Å². The Morgan fingerprint density at radius 1 is 1.19 bits per heavy atom. The molecule has 1 N–H and O–H groups in total. The maximum Gasteiger partial charge on any atom is 0.306 e. The van der Waals surface area contributed by atoms with Crippen molar-refractivity contribution in [3.63, 3.8) is 0 Å². The van der Waals surface area contributed by atoms with Gasteiger partial charge in [-0.25, -0.2) is 0 Å². The Labute approximate surface area is 130 Å². The number of aliphatic carboxylic acids is 1. The van der Waals surface area contributed by atoms with E-state index < -0.39 is 5.97 Å². The minimum Gasteiger partial charge on any atom is -0.481 e. The summed E-state index contributed by atoms with van der Waals surface area (Å²) in [5, 5.41) is 11.8. The summed E-state index contributed by atoms with van der Waals surface area (Å²) in [6.45, 7) is 2.13. The summed E-state index contributed by atoms with van der Waals surface area (Å²) in [7, 11) is 0. The van der Waals surface area contributed by atoms with Crippen LogP contribution in [0.25, 0.3) is 10.8 Å². The monoisotopic (exact) mass is 302 g/mol. The average Bonchev–Trinajstić information content (AvgIpc) is 2.50.